The number of carbonyl (C=O) groups excluding carboxylic acids is 2. The van der Waals surface area contributed by atoms with Crippen LogP contribution in [0.5, 0.6) is 11.5 Å². The second-order valence-electron chi connectivity index (χ2n) is 15.4. The summed E-state index contributed by atoms with van der Waals surface area (Å²) in [5.41, 5.74) is 26.0. The Hall–Kier alpha value is -2.02. The normalized spacial score (nSPS) is 11.5. The van der Waals surface area contributed by atoms with Gasteiger partial charge in [-0.1, -0.05) is 127 Å². The topological polar surface area (TPSA) is 163 Å². The Morgan fingerprint density at radius 2 is 0.817 bits per heavy atom. The Morgan fingerprint density at radius 3 is 1.18 bits per heavy atom. The summed E-state index contributed by atoms with van der Waals surface area (Å²) >= 11 is 0. The van der Waals surface area contributed by atoms with Gasteiger partial charge in [0, 0.05) is 37.3 Å². The number of rotatable bonds is 35. The van der Waals surface area contributed by atoms with Crippen LogP contribution in [-0.4, -0.2) is 86.2 Å². The number of benzene rings is 2. The minimum atomic E-state index is -0.493. The van der Waals surface area contributed by atoms with Crippen LogP contribution in [0.2, 0.25) is 0 Å². The minimum absolute atomic E-state index is 0. The quantitative estimate of drug-likeness (QED) is 0.0497. The molecule has 350 valence electrons. The summed E-state index contributed by atoms with van der Waals surface area (Å²) in [6.07, 6.45) is 20.3. The number of hydrogen-bond donors (Lipinski definition) is 4. The zero-order valence-corrected chi connectivity index (χ0v) is 40.3. The number of para-hydroxylation sites is 2. The number of unbranched alkanes of at least 4 members (excludes halogenated alkanes) is 12. The van der Waals surface area contributed by atoms with Gasteiger partial charge >= 0.3 is 0 Å². The molecule has 0 saturated carbocycles. The van der Waals surface area contributed by atoms with Crippen molar-refractivity contribution in [1.29, 1.82) is 0 Å². The van der Waals surface area contributed by atoms with Crippen LogP contribution in [0.3, 0.4) is 0 Å². The Morgan fingerprint density at radius 1 is 0.483 bits per heavy atom. The lowest BCUT2D eigenvalue weighted by molar-refractivity contribution is -0.133. The van der Waals surface area contributed by atoms with Crippen molar-refractivity contribution in [3.05, 3.63) is 48.5 Å². The monoisotopic (exact) mass is 925 g/mol. The molecule has 2 aromatic rings. The molecular formula is C46H84Cl4N6O4. The summed E-state index contributed by atoms with van der Waals surface area (Å²) in [5.74, 6) is 1.61. The van der Waals surface area contributed by atoms with Crippen LogP contribution < -0.4 is 32.4 Å². The van der Waals surface area contributed by atoms with Crippen LogP contribution in [-0.2, 0) is 9.59 Å². The molecule has 0 aliphatic carbocycles. The first-order valence-electron chi connectivity index (χ1n) is 22.3. The van der Waals surface area contributed by atoms with Crippen molar-refractivity contribution in [2.75, 3.05) is 52.5 Å². The molecule has 0 aliphatic heterocycles. The van der Waals surface area contributed by atoms with Crippen LogP contribution in [0.1, 0.15) is 142 Å². The maximum atomic E-state index is 13.4. The zero-order valence-electron chi connectivity index (χ0n) is 37.0. The van der Waals surface area contributed by atoms with Crippen LogP contribution in [0.15, 0.2) is 48.5 Å². The summed E-state index contributed by atoms with van der Waals surface area (Å²) < 4.78 is 12.8. The SMILES string of the molecule is CCCCCCCCN(CCCOc1ccccc1-c1ccccc1OCCCN(CCCCCCCC)C(=O)[C@@H](N)CCCCN)C(=O)[C@@H](N)CCCCN.Cl.Cl.Cl.Cl. The molecule has 0 heterocycles. The van der Waals surface area contributed by atoms with Crippen LogP contribution >= 0.6 is 49.6 Å². The smallest absolute Gasteiger partial charge is 0.239 e. The molecule has 2 rings (SSSR count). The lowest BCUT2D eigenvalue weighted by Gasteiger charge is -2.26. The van der Waals surface area contributed by atoms with Gasteiger partial charge in [-0.05, 0) is 76.6 Å². The fourth-order valence-electron chi connectivity index (χ4n) is 7.07. The second kappa shape index (κ2) is 41.0. The van der Waals surface area contributed by atoms with Crippen molar-refractivity contribution in [2.24, 2.45) is 22.9 Å². The van der Waals surface area contributed by atoms with Crippen molar-refractivity contribution in [3.63, 3.8) is 0 Å². The summed E-state index contributed by atoms with van der Waals surface area (Å²) in [7, 11) is 0. The highest BCUT2D eigenvalue weighted by atomic mass is 35.5. The lowest BCUT2D eigenvalue weighted by Crippen LogP contribution is -2.45. The first-order valence-corrected chi connectivity index (χ1v) is 22.3. The van der Waals surface area contributed by atoms with Gasteiger partial charge in [-0.25, -0.2) is 0 Å². The summed E-state index contributed by atoms with van der Waals surface area (Å²) in [5, 5.41) is 0. The summed E-state index contributed by atoms with van der Waals surface area (Å²) in [4.78, 5) is 30.7. The maximum absolute atomic E-state index is 13.4. The van der Waals surface area contributed by atoms with Crippen LogP contribution in [0.4, 0.5) is 0 Å². The molecule has 2 aromatic carbocycles. The fourth-order valence-corrected chi connectivity index (χ4v) is 7.07. The van der Waals surface area contributed by atoms with Crippen molar-refractivity contribution in [2.45, 2.75) is 154 Å². The predicted octanol–water partition coefficient (Wildman–Crippen LogP) is 9.87. The lowest BCUT2D eigenvalue weighted by atomic mass is 10.0. The van der Waals surface area contributed by atoms with E-state index in [1.54, 1.807) is 0 Å². The fraction of sp³-hybridized carbons (Fsp3) is 0.696. The first kappa shape index (κ1) is 62.3. The molecule has 0 saturated heterocycles. The van der Waals surface area contributed by atoms with E-state index >= 15 is 0 Å². The Balaban J connectivity index is -0.00000812. The zero-order chi connectivity index (χ0) is 40.6. The average molecular weight is 927 g/mol. The molecule has 60 heavy (non-hydrogen) atoms. The van der Waals surface area contributed by atoms with E-state index in [2.05, 4.69) is 26.0 Å². The van der Waals surface area contributed by atoms with E-state index in [9.17, 15) is 9.59 Å². The van der Waals surface area contributed by atoms with Gasteiger partial charge in [0.15, 0.2) is 0 Å². The Kier molecular flexibility index (Phi) is 42.6. The largest absolute Gasteiger partial charge is 0.493 e. The van der Waals surface area contributed by atoms with E-state index in [1.165, 1.54) is 51.4 Å². The van der Waals surface area contributed by atoms with Crippen molar-refractivity contribution in [3.8, 4) is 22.6 Å². The Bertz CT molecular complexity index is 1220. The van der Waals surface area contributed by atoms with Gasteiger partial charge in [0.2, 0.25) is 11.8 Å². The van der Waals surface area contributed by atoms with Gasteiger partial charge in [-0.3, -0.25) is 9.59 Å². The van der Waals surface area contributed by atoms with Crippen molar-refractivity contribution < 1.29 is 19.1 Å². The van der Waals surface area contributed by atoms with Gasteiger partial charge < -0.3 is 42.2 Å². The molecule has 0 aliphatic rings. The van der Waals surface area contributed by atoms with Gasteiger partial charge in [0.1, 0.15) is 11.5 Å². The standard InChI is InChI=1S/C46H80N6O4.4ClH/c1-3-5-7-9-11-21-33-51(45(53)41(49)27-17-19-31-47)35-23-37-55-43-29-15-13-25-39(43)40-26-14-16-30-44(40)56-38-24-36-52(34-22-12-10-8-6-4-2)46(54)42(50)28-18-20-32-48;;;;/h13-16,25-26,29-30,41-42H,3-12,17-24,27-28,31-38,47-50H2,1-2H3;4*1H/t41-,42-;;;;/m0..../s1. The van der Waals surface area contributed by atoms with Crippen LogP contribution in [0, 0.1) is 0 Å². The highest BCUT2D eigenvalue weighted by Crippen LogP contribution is 2.36. The minimum Gasteiger partial charge on any atom is -0.493 e. The number of nitrogens with two attached hydrogens (primary N) is 4. The van der Waals surface area contributed by atoms with Crippen molar-refractivity contribution >= 4 is 61.4 Å². The number of amides is 2. The number of carbonyl (C=O) groups is 2. The molecule has 0 spiro atoms. The number of hydrogen-bond acceptors (Lipinski definition) is 8. The van der Waals surface area contributed by atoms with E-state index in [-0.39, 0.29) is 61.4 Å². The molecule has 0 aromatic heterocycles. The van der Waals surface area contributed by atoms with E-state index in [0.29, 0.717) is 65.1 Å². The van der Waals surface area contributed by atoms with Gasteiger partial charge in [0.25, 0.3) is 0 Å². The predicted molar refractivity (Wildman–Crippen MR) is 263 cm³/mol. The molecule has 14 heteroatoms. The third kappa shape index (κ3) is 26.5. The molecule has 0 unspecified atom stereocenters. The molecule has 8 N–H and O–H groups in total. The number of nitrogens with zero attached hydrogens (tertiary/aromatic N) is 2. The molecule has 0 radical (unpaired) electrons. The first-order chi connectivity index (χ1) is 27.4. The molecule has 2 amide bonds. The summed E-state index contributed by atoms with van der Waals surface area (Å²) in [6, 6.07) is 15.1. The van der Waals surface area contributed by atoms with Gasteiger partial charge in [-0.2, -0.15) is 0 Å². The second-order valence-corrected chi connectivity index (χ2v) is 15.4. The van der Waals surface area contributed by atoms with E-state index < -0.39 is 12.1 Å². The molecule has 0 fully saturated rings. The third-order valence-corrected chi connectivity index (χ3v) is 10.5. The van der Waals surface area contributed by atoms with Gasteiger partial charge in [0.05, 0.1) is 25.3 Å². The molecule has 10 nitrogen and oxygen atoms in total. The maximum Gasteiger partial charge on any atom is 0.239 e. The third-order valence-electron chi connectivity index (χ3n) is 10.5. The molecular weight excluding hydrogens is 842 g/mol. The van der Waals surface area contributed by atoms with Gasteiger partial charge in [-0.15, -0.1) is 49.6 Å². The van der Waals surface area contributed by atoms with E-state index in [0.717, 1.165) is 87.1 Å². The van der Waals surface area contributed by atoms with E-state index in [4.69, 9.17) is 32.4 Å². The molecule has 0 bridgehead atoms. The summed E-state index contributed by atoms with van der Waals surface area (Å²) in [6.45, 7) is 9.29. The highest BCUT2D eigenvalue weighted by Gasteiger charge is 2.22. The average Bonchev–Trinajstić information content (AvgIpc) is 3.21. The number of halogens is 4. The highest BCUT2D eigenvalue weighted by molar-refractivity contribution is 5.86. The Labute approximate surface area is 389 Å². The van der Waals surface area contributed by atoms with Crippen LogP contribution in [0.25, 0.3) is 11.1 Å². The van der Waals surface area contributed by atoms with Crippen molar-refractivity contribution in [1.82, 2.24) is 9.80 Å². The molecule has 2 atom stereocenters. The van der Waals surface area contributed by atoms with E-state index in [1.807, 2.05) is 46.2 Å². The number of ether oxygens (including phenoxy) is 2.